The Balaban J connectivity index is 2.99. The molecule has 0 saturated heterocycles. The van der Waals surface area contributed by atoms with Gasteiger partial charge in [0.15, 0.2) is 0 Å². The Morgan fingerprint density at radius 3 is 2.41 bits per heavy atom. The van der Waals surface area contributed by atoms with Gasteiger partial charge in [0.1, 0.15) is 0 Å². The summed E-state index contributed by atoms with van der Waals surface area (Å²) in [4.78, 5) is 22.4. The molecule has 4 nitrogen and oxygen atoms in total. The highest BCUT2D eigenvalue weighted by atomic mass is 79.9. The molecule has 0 aromatic heterocycles. The number of aromatic carboxylic acids is 1. The van der Waals surface area contributed by atoms with Crippen molar-refractivity contribution in [3.8, 4) is 0 Å². The van der Waals surface area contributed by atoms with Crippen molar-refractivity contribution in [1.29, 1.82) is 0 Å². The first-order chi connectivity index (χ1) is 8.02. The van der Waals surface area contributed by atoms with E-state index in [1.165, 1.54) is 12.1 Å². The summed E-state index contributed by atoms with van der Waals surface area (Å²) < 4.78 is 0.723. The quantitative estimate of drug-likeness (QED) is 0.892. The number of hydrogen-bond donors (Lipinski definition) is 2. The van der Waals surface area contributed by atoms with Crippen molar-refractivity contribution in [2.45, 2.75) is 0 Å². The Hall–Kier alpha value is -1.88. The van der Waals surface area contributed by atoms with Crippen LogP contribution in [0.5, 0.6) is 0 Å². The summed E-state index contributed by atoms with van der Waals surface area (Å²) in [6, 6.07) is 8.00. The fourth-order valence-corrected chi connectivity index (χ4v) is 2.22. The zero-order valence-electron chi connectivity index (χ0n) is 8.61. The molecule has 0 aliphatic carbocycles. The molecule has 0 fully saturated rings. The van der Waals surface area contributed by atoms with Crippen molar-refractivity contribution in [1.82, 2.24) is 0 Å². The number of fused-ring (bicyclic) bond motifs is 1. The van der Waals surface area contributed by atoms with Crippen LogP contribution < -0.4 is 5.73 Å². The van der Waals surface area contributed by atoms with Gasteiger partial charge in [0, 0.05) is 15.4 Å². The van der Waals surface area contributed by atoms with E-state index in [4.69, 9.17) is 10.8 Å². The van der Waals surface area contributed by atoms with Gasteiger partial charge in [0.25, 0.3) is 0 Å². The molecule has 0 heterocycles. The minimum absolute atomic E-state index is 0.0672. The average Bonchev–Trinajstić information content (AvgIpc) is 2.28. The lowest BCUT2D eigenvalue weighted by atomic mass is 9.99. The van der Waals surface area contributed by atoms with Gasteiger partial charge in [0.05, 0.1) is 5.56 Å². The van der Waals surface area contributed by atoms with Gasteiger partial charge in [-0.1, -0.05) is 28.1 Å². The molecule has 0 saturated carbocycles. The van der Waals surface area contributed by atoms with Crippen LogP contribution in [0.15, 0.2) is 34.8 Å². The lowest BCUT2D eigenvalue weighted by molar-refractivity contribution is 0.0699. The van der Waals surface area contributed by atoms with E-state index in [0.29, 0.717) is 10.8 Å². The van der Waals surface area contributed by atoms with E-state index >= 15 is 0 Å². The van der Waals surface area contributed by atoms with Crippen molar-refractivity contribution < 1.29 is 14.7 Å². The molecular formula is C12H8BrNO3. The van der Waals surface area contributed by atoms with Crippen LogP contribution in [0, 0.1) is 0 Å². The Labute approximate surface area is 105 Å². The Kier molecular flexibility index (Phi) is 2.85. The van der Waals surface area contributed by atoms with E-state index in [0.717, 1.165) is 4.47 Å². The maximum Gasteiger partial charge on any atom is 0.336 e. The average molecular weight is 294 g/mol. The second kappa shape index (κ2) is 4.18. The molecule has 0 aliphatic rings. The van der Waals surface area contributed by atoms with Crippen molar-refractivity contribution in [2.24, 2.45) is 5.73 Å². The first-order valence-electron chi connectivity index (χ1n) is 4.76. The Bertz CT molecular complexity index is 617. The summed E-state index contributed by atoms with van der Waals surface area (Å²) >= 11 is 3.32. The number of carbonyl (C=O) groups is 2. The number of halogens is 1. The van der Waals surface area contributed by atoms with Gasteiger partial charge >= 0.3 is 5.97 Å². The maximum atomic E-state index is 11.3. The zero-order chi connectivity index (χ0) is 12.6. The molecule has 0 bridgehead atoms. The van der Waals surface area contributed by atoms with Crippen LogP contribution in [0.4, 0.5) is 0 Å². The number of carboxylic acid groups (broad SMARTS) is 1. The van der Waals surface area contributed by atoms with E-state index < -0.39 is 11.9 Å². The number of benzene rings is 2. The standard InChI is InChI=1S/C12H8BrNO3/c13-9-5-4-7(11(14)15)10-6(9)2-1-3-8(10)12(16)17/h1-5H,(H2,14,15)(H,16,17). The number of amides is 1. The molecule has 86 valence electrons. The number of carbonyl (C=O) groups excluding carboxylic acids is 1. The molecule has 0 radical (unpaired) electrons. The number of carboxylic acids is 1. The van der Waals surface area contributed by atoms with Crippen molar-refractivity contribution in [2.75, 3.05) is 0 Å². The summed E-state index contributed by atoms with van der Waals surface area (Å²) in [6.07, 6.45) is 0. The lowest BCUT2D eigenvalue weighted by Gasteiger charge is -2.08. The number of rotatable bonds is 2. The van der Waals surface area contributed by atoms with Gasteiger partial charge in [-0.3, -0.25) is 4.79 Å². The second-order valence-corrected chi connectivity index (χ2v) is 4.35. The van der Waals surface area contributed by atoms with Crippen LogP contribution in [0.2, 0.25) is 0 Å². The first-order valence-corrected chi connectivity index (χ1v) is 5.56. The number of primary amides is 1. The second-order valence-electron chi connectivity index (χ2n) is 3.49. The fraction of sp³-hybridized carbons (Fsp3) is 0. The van der Waals surface area contributed by atoms with E-state index in [1.807, 2.05) is 0 Å². The lowest BCUT2D eigenvalue weighted by Crippen LogP contribution is -2.13. The predicted octanol–water partition coefficient (Wildman–Crippen LogP) is 2.40. The molecule has 2 rings (SSSR count). The zero-order valence-corrected chi connectivity index (χ0v) is 10.2. The SMILES string of the molecule is NC(=O)c1ccc(Br)c2cccc(C(=O)O)c12. The van der Waals surface area contributed by atoms with Gasteiger partial charge in [-0.25, -0.2) is 4.79 Å². The molecule has 5 heteroatoms. The van der Waals surface area contributed by atoms with Crippen LogP contribution >= 0.6 is 15.9 Å². The van der Waals surface area contributed by atoms with Gasteiger partial charge in [-0.15, -0.1) is 0 Å². The van der Waals surface area contributed by atoms with Crippen LogP contribution in [-0.4, -0.2) is 17.0 Å². The normalized spacial score (nSPS) is 10.4. The Morgan fingerprint density at radius 2 is 1.82 bits per heavy atom. The van der Waals surface area contributed by atoms with Gasteiger partial charge < -0.3 is 10.8 Å². The van der Waals surface area contributed by atoms with E-state index in [-0.39, 0.29) is 11.1 Å². The summed E-state index contributed by atoms with van der Waals surface area (Å²) in [7, 11) is 0. The smallest absolute Gasteiger partial charge is 0.336 e. The molecule has 0 unspecified atom stereocenters. The van der Waals surface area contributed by atoms with Crippen LogP contribution in [0.3, 0.4) is 0 Å². The van der Waals surface area contributed by atoms with Gasteiger partial charge in [0.2, 0.25) is 5.91 Å². The minimum atomic E-state index is -1.09. The van der Waals surface area contributed by atoms with Gasteiger partial charge in [-0.2, -0.15) is 0 Å². The van der Waals surface area contributed by atoms with Crippen molar-refractivity contribution in [3.05, 3.63) is 45.9 Å². The van der Waals surface area contributed by atoms with Crippen LogP contribution in [-0.2, 0) is 0 Å². The van der Waals surface area contributed by atoms with Crippen molar-refractivity contribution >= 4 is 38.6 Å². The van der Waals surface area contributed by atoms with E-state index in [1.54, 1.807) is 18.2 Å². The van der Waals surface area contributed by atoms with Crippen LogP contribution in [0.25, 0.3) is 10.8 Å². The third-order valence-corrected chi connectivity index (χ3v) is 3.17. The maximum absolute atomic E-state index is 11.3. The fourth-order valence-electron chi connectivity index (χ4n) is 1.75. The van der Waals surface area contributed by atoms with Crippen LogP contribution in [0.1, 0.15) is 20.7 Å². The molecule has 17 heavy (non-hydrogen) atoms. The van der Waals surface area contributed by atoms with Gasteiger partial charge in [-0.05, 0) is 23.6 Å². The first kappa shape index (κ1) is 11.6. The van der Waals surface area contributed by atoms with Crippen molar-refractivity contribution in [3.63, 3.8) is 0 Å². The van der Waals surface area contributed by atoms with E-state index in [2.05, 4.69) is 15.9 Å². The highest BCUT2D eigenvalue weighted by molar-refractivity contribution is 9.10. The molecule has 0 atom stereocenters. The highest BCUT2D eigenvalue weighted by Crippen LogP contribution is 2.29. The molecular weight excluding hydrogens is 286 g/mol. The molecule has 3 N–H and O–H groups in total. The molecule has 2 aromatic carbocycles. The summed E-state index contributed by atoms with van der Waals surface area (Å²) in [5.74, 6) is -1.73. The highest BCUT2D eigenvalue weighted by Gasteiger charge is 2.16. The third kappa shape index (κ3) is 1.89. The topological polar surface area (TPSA) is 80.4 Å². The summed E-state index contributed by atoms with van der Waals surface area (Å²) in [5.41, 5.74) is 5.53. The summed E-state index contributed by atoms with van der Waals surface area (Å²) in [6.45, 7) is 0. The predicted molar refractivity (Wildman–Crippen MR) is 67.1 cm³/mol. The third-order valence-electron chi connectivity index (χ3n) is 2.48. The molecule has 2 aromatic rings. The number of hydrogen-bond acceptors (Lipinski definition) is 2. The monoisotopic (exact) mass is 293 g/mol. The molecule has 1 amide bonds. The number of nitrogens with two attached hydrogens (primary N) is 1. The Morgan fingerprint density at radius 1 is 1.12 bits per heavy atom. The molecule has 0 spiro atoms. The summed E-state index contributed by atoms with van der Waals surface area (Å²) in [5, 5.41) is 10.1. The largest absolute Gasteiger partial charge is 0.478 e. The molecule has 0 aliphatic heterocycles. The minimum Gasteiger partial charge on any atom is -0.478 e. The van der Waals surface area contributed by atoms with E-state index in [9.17, 15) is 9.59 Å².